The van der Waals surface area contributed by atoms with Crippen molar-refractivity contribution < 1.29 is 5.11 Å². The molecule has 1 saturated heterocycles. The molecule has 2 atom stereocenters. The first-order chi connectivity index (χ1) is 6.75. The zero-order valence-corrected chi connectivity index (χ0v) is 9.18. The van der Waals surface area contributed by atoms with Crippen molar-refractivity contribution in [2.75, 3.05) is 6.54 Å². The average Bonchev–Trinajstić information content (AvgIpc) is 2.75. The van der Waals surface area contributed by atoms with E-state index in [-0.39, 0.29) is 0 Å². The van der Waals surface area contributed by atoms with Gasteiger partial charge in [-0.1, -0.05) is 0 Å². The summed E-state index contributed by atoms with van der Waals surface area (Å²) in [6.45, 7) is 2.89. The second-order valence-electron chi connectivity index (χ2n) is 3.84. The van der Waals surface area contributed by atoms with E-state index in [4.69, 9.17) is 0 Å². The number of hydrogen-bond acceptors (Lipinski definition) is 4. The number of aliphatic hydroxyl groups excluding tert-OH is 1. The SMILES string of the molecule is CC(O)c1csc(CC2CCCN2)n1. The molecule has 2 N–H and O–H groups in total. The molecule has 2 unspecified atom stereocenters. The van der Waals surface area contributed by atoms with Gasteiger partial charge < -0.3 is 10.4 Å². The Bertz CT molecular complexity index is 292. The Kier molecular flexibility index (Phi) is 3.15. The summed E-state index contributed by atoms with van der Waals surface area (Å²) < 4.78 is 0. The highest BCUT2D eigenvalue weighted by atomic mass is 32.1. The summed E-state index contributed by atoms with van der Waals surface area (Å²) in [7, 11) is 0. The molecule has 0 aliphatic carbocycles. The van der Waals surface area contributed by atoms with Gasteiger partial charge in [-0.25, -0.2) is 4.98 Å². The molecule has 1 fully saturated rings. The molecule has 14 heavy (non-hydrogen) atoms. The lowest BCUT2D eigenvalue weighted by Crippen LogP contribution is -2.23. The van der Waals surface area contributed by atoms with E-state index in [1.807, 2.05) is 5.38 Å². The van der Waals surface area contributed by atoms with Crippen LogP contribution in [0.3, 0.4) is 0 Å². The maximum Gasteiger partial charge on any atom is 0.0944 e. The lowest BCUT2D eigenvalue weighted by Gasteiger charge is -2.06. The van der Waals surface area contributed by atoms with Gasteiger partial charge in [0.2, 0.25) is 0 Å². The highest BCUT2D eigenvalue weighted by molar-refractivity contribution is 7.09. The molecule has 0 aromatic carbocycles. The zero-order valence-electron chi connectivity index (χ0n) is 8.36. The molecule has 1 aromatic rings. The van der Waals surface area contributed by atoms with Gasteiger partial charge in [-0.15, -0.1) is 11.3 Å². The van der Waals surface area contributed by atoms with Gasteiger partial charge in [0.05, 0.1) is 16.8 Å². The number of hydrogen-bond donors (Lipinski definition) is 2. The molecule has 0 radical (unpaired) electrons. The van der Waals surface area contributed by atoms with Crippen LogP contribution in [0.5, 0.6) is 0 Å². The van der Waals surface area contributed by atoms with Crippen LogP contribution in [0.2, 0.25) is 0 Å². The van der Waals surface area contributed by atoms with Gasteiger partial charge in [0.1, 0.15) is 0 Å². The molecule has 0 spiro atoms. The first-order valence-electron chi connectivity index (χ1n) is 5.11. The summed E-state index contributed by atoms with van der Waals surface area (Å²) in [6.07, 6.45) is 3.11. The molecule has 78 valence electrons. The number of aromatic nitrogens is 1. The number of nitrogens with zero attached hydrogens (tertiary/aromatic N) is 1. The van der Waals surface area contributed by atoms with E-state index in [2.05, 4.69) is 10.3 Å². The molecular formula is C10H16N2OS. The highest BCUT2D eigenvalue weighted by Crippen LogP contribution is 2.19. The second kappa shape index (κ2) is 4.38. The molecule has 0 saturated carbocycles. The van der Waals surface area contributed by atoms with Crippen LogP contribution in [0.15, 0.2) is 5.38 Å². The number of aliphatic hydroxyl groups is 1. The van der Waals surface area contributed by atoms with Crippen LogP contribution in [0.25, 0.3) is 0 Å². The van der Waals surface area contributed by atoms with E-state index < -0.39 is 6.10 Å². The average molecular weight is 212 g/mol. The minimum atomic E-state index is -0.434. The van der Waals surface area contributed by atoms with Crippen molar-refractivity contribution >= 4 is 11.3 Å². The van der Waals surface area contributed by atoms with E-state index in [0.717, 1.165) is 23.7 Å². The predicted octanol–water partition coefficient (Wildman–Crippen LogP) is 1.49. The maximum atomic E-state index is 9.33. The molecular weight excluding hydrogens is 196 g/mol. The fraction of sp³-hybridized carbons (Fsp3) is 0.700. The number of nitrogens with one attached hydrogen (secondary N) is 1. The number of thiazole rings is 1. The quantitative estimate of drug-likeness (QED) is 0.798. The Hall–Kier alpha value is -0.450. The van der Waals surface area contributed by atoms with Gasteiger partial charge in [-0.3, -0.25) is 0 Å². The summed E-state index contributed by atoms with van der Waals surface area (Å²) in [6, 6.07) is 0.600. The first-order valence-corrected chi connectivity index (χ1v) is 5.99. The van der Waals surface area contributed by atoms with E-state index in [0.29, 0.717) is 6.04 Å². The minimum Gasteiger partial charge on any atom is -0.387 e. The monoisotopic (exact) mass is 212 g/mol. The van der Waals surface area contributed by atoms with Crippen LogP contribution in [-0.2, 0) is 6.42 Å². The summed E-state index contributed by atoms with van der Waals surface area (Å²) >= 11 is 1.65. The Labute approximate surface area is 88.2 Å². The third kappa shape index (κ3) is 2.32. The van der Waals surface area contributed by atoms with Crippen LogP contribution in [0.1, 0.15) is 36.6 Å². The molecule has 4 heteroatoms. The van der Waals surface area contributed by atoms with Gasteiger partial charge >= 0.3 is 0 Å². The summed E-state index contributed by atoms with van der Waals surface area (Å²) in [5.74, 6) is 0. The summed E-state index contributed by atoms with van der Waals surface area (Å²) in [4.78, 5) is 4.40. The van der Waals surface area contributed by atoms with Gasteiger partial charge in [0.15, 0.2) is 0 Å². The van der Waals surface area contributed by atoms with Crippen LogP contribution < -0.4 is 5.32 Å². The van der Waals surface area contributed by atoms with Crippen molar-refractivity contribution in [3.63, 3.8) is 0 Å². The fourth-order valence-electron chi connectivity index (χ4n) is 1.75. The highest BCUT2D eigenvalue weighted by Gasteiger charge is 2.16. The molecule has 1 aliphatic heterocycles. The first kappa shape index (κ1) is 10.1. The van der Waals surface area contributed by atoms with Crippen molar-refractivity contribution in [2.24, 2.45) is 0 Å². The van der Waals surface area contributed by atoms with E-state index in [1.165, 1.54) is 12.8 Å². The molecule has 2 rings (SSSR count). The van der Waals surface area contributed by atoms with Crippen LogP contribution >= 0.6 is 11.3 Å². The van der Waals surface area contributed by atoms with E-state index in [1.54, 1.807) is 18.3 Å². The molecule has 2 heterocycles. The Balaban J connectivity index is 1.95. The Morgan fingerprint density at radius 3 is 3.21 bits per heavy atom. The molecule has 1 aliphatic rings. The van der Waals surface area contributed by atoms with Crippen LogP contribution in [0.4, 0.5) is 0 Å². The lowest BCUT2D eigenvalue weighted by molar-refractivity contribution is 0.195. The summed E-state index contributed by atoms with van der Waals surface area (Å²) in [5.41, 5.74) is 0.808. The standard InChI is InChI=1S/C10H16N2OS/c1-7(13)9-6-14-10(12-9)5-8-3-2-4-11-8/h6-8,11,13H,2-5H2,1H3. The fourth-order valence-corrected chi connectivity index (χ4v) is 2.71. The minimum absolute atomic E-state index is 0.434. The van der Waals surface area contributed by atoms with Crippen molar-refractivity contribution in [1.82, 2.24) is 10.3 Å². The smallest absolute Gasteiger partial charge is 0.0944 e. The normalized spacial score (nSPS) is 24.0. The molecule has 1 aromatic heterocycles. The van der Waals surface area contributed by atoms with E-state index in [9.17, 15) is 5.11 Å². The third-order valence-corrected chi connectivity index (χ3v) is 3.47. The number of rotatable bonds is 3. The van der Waals surface area contributed by atoms with Crippen molar-refractivity contribution in [2.45, 2.75) is 38.3 Å². The van der Waals surface area contributed by atoms with Gasteiger partial charge in [-0.2, -0.15) is 0 Å². The zero-order chi connectivity index (χ0) is 9.97. The topological polar surface area (TPSA) is 45.1 Å². The Morgan fingerprint density at radius 1 is 1.79 bits per heavy atom. The van der Waals surface area contributed by atoms with Gasteiger partial charge in [-0.05, 0) is 26.3 Å². The molecule has 3 nitrogen and oxygen atoms in total. The predicted molar refractivity (Wildman–Crippen MR) is 57.5 cm³/mol. The molecule has 0 bridgehead atoms. The van der Waals surface area contributed by atoms with Crippen LogP contribution in [0, 0.1) is 0 Å². The van der Waals surface area contributed by atoms with Gasteiger partial charge in [0.25, 0.3) is 0 Å². The second-order valence-corrected chi connectivity index (χ2v) is 4.78. The van der Waals surface area contributed by atoms with Crippen molar-refractivity contribution in [3.8, 4) is 0 Å². The maximum absolute atomic E-state index is 9.33. The van der Waals surface area contributed by atoms with Crippen molar-refractivity contribution in [3.05, 3.63) is 16.1 Å². The third-order valence-electron chi connectivity index (χ3n) is 2.58. The van der Waals surface area contributed by atoms with E-state index >= 15 is 0 Å². The Morgan fingerprint density at radius 2 is 2.64 bits per heavy atom. The van der Waals surface area contributed by atoms with Crippen LogP contribution in [-0.4, -0.2) is 22.7 Å². The lowest BCUT2D eigenvalue weighted by atomic mass is 10.2. The van der Waals surface area contributed by atoms with Gasteiger partial charge in [0, 0.05) is 17.8 Å². The summed E-state index contributed by atoms with van der Waals surface area (Å²) in [5, 5.41) is 15.9. The van der Waals surface area contributed by atoms with Crippen molar-refractivity contribution in [1.29, 1.82) is 0 Å². The molecule has 0 amide bonds. The largest absolute Gasteiger partial charge is 0.387 e.